The second-order valence-electron chi connectivity index (χ2n) is 5.17. The monoisotopic (exact) mass is 315 g/mol. The molecule has 3 N–H and O–H groups in total. The number of aliphatic hydroxyl groups excluding tert-OH is 1. The number of nitrogens with zero attached hydrogens (tertiary/aromatic N) is 3. The molecule has 3 aromatic rings. The predicted molar refractivity (Wildman–Crippen MR) is 83.9 cm³/mol. The van der Waals surface area contributed by atoms with Gasteiger partial charge in [-0.1, -0.05) is 0 Å². The molecule has 120 valence electrons. The van der Waals surface area contributed by atoms with Crippen molar-refractivity contribution in [3.05, 3.63) is 42.1 Å². The zero-order chi connectivity index (χ0) is 16.4. The summed E-state index contributed by atoms with van der Waals surface area (Å²) in [5.41, 5.74) is 2.15. The van der Waals surface area contributed by atoms with Crippen LogP contribution in [0.3, 0.4) is 0 Å². The van der Waals surface area contributed by atoms with Crippen molar-refractivity contribution in [3.8, 4) is 0 Å². The first-order chi connectivity index (χ1) is 11.0. The number of aromatic nitrogens is 3. The van der Waals surface area contributed by atoms with E-state index in [0.717, 1.165) is 16.7 Å². The Morgan fingerprint density at radius 1 is 1.52 bits per heavy atom. The Balaban J connectivity index is 1.62. The number of fused-ring (bicyclic) bond motifs is 1. The third-order valence-corrected chi connectivity index (χ3v) is 3.45. The maximum absolute atomic E-state index is 11.9. The van der Waals surface area contributed by atoms with Crippen molar-refractivity contribution in [1.82, 2.24) is 20.1 Å². The van der Waals surface area contributed by atoms with Gasteiger partial charge in [0.25, 0.3) is 0 Å². The van der Waals surface area contributed by atoms with Gasteiger partial charge in [0, 0.05) is 12.4 Å². The van der Waals surface area contributed by atoms with Crippen LogP contribution in [0.25, 0.3) is 11.0 Å². The summed E-state index contributed by atoms with van der Waals surface area (Å²) in [6, 6.07) is 4.70. The van der Waals surface area contributed by atoms with Gasteiger partial charge >= 0.3 is 6.03 Å². The van der Waals surface area contributed by atoms with Crippen LogP contribution < -0.4 is 10.6 Å². The summed E-state index contributed by atoms with van der Waals surface area (Å²) >= 11 is 0. The first kappa shape index (κ1) is 15.0. The van der Waals surface area contributed by atoms with E-state index >= 15 is 0 Å². The van der Waals surface area contributed by atoms with Crippen molar-refractivity contribution in [1.29, 1.82) is 0 Å². The number of rotatable bonds is 4. The lowest BCUT2D eigenvalue weighted by atomic mass is 10.2. The Hall–Kier alpha value is -2.87. The Bertz CT molecular complexity index is 825. The van der Waals surface area contributed by atoms with E-state index in [9.17, 15) is 9.90 Å². The molecule has 8 nitrogen and oxygen atoms in total. The standard InChI is InChI=1S/C15H17N5O3/c1-9-11-6-10(7-16-14(11)20(2)19-9)18-15(22)17-8-12(21)13-4-3-5-23-13/h3-7,12,21H,8H2,1-2H3,(H2,17,18,22). The Kier molecular flexibility index (Phi) is 3.98. The summed E-state index contributed by atoms with van der Waals surface area (Å²) in [5, 5.41) is 20.3. The fourth-order valence-electron chi connectivity index (χ4n) is 2.32. The predicted octanol–water partition coefficient (Wildman–Crippen LogP) is 1.72. The zero-order valence-corrected chi connectivity index (χ0v) is 12.8. The van der Waals surface area contributed by atoms with Gasteiger partial charge in [0.2, 0.25) is 0 Å². The summed E-state index contributed by atoms with van der Waals surface area (Å²) in [4.78, 5) is 16.2. The molecule has 0 aliphatic heterocycles. The van der Waals surface area contributed by atoms with Crippen molar-refractivity contribution in [2.75, 3.05) is 11.9 Å². The smallest absolute Gasteiger partial charge is 0.319 e. The van der Waals surface area contributed by atoms with Crippen molar-refractivity contribution in [2.45, 2.75) is 13.0 Å². The van der Waals surface area contributed by atoms with Gasteiger partial charge in [0.15, 0.2) is 5.65 Å². The molecule has 8 heteroatoms. The Morgan fingerprint density at radius 2 is 2.35 bits per heavy atom. The average molecular weight is 315 g/mol. The zero-order valence-electron chi connectivity index (χ0n) is 12.8. The molecular weight excluding hydrogens is 298 g/mol. The number of hydrogen-bond donors (Lipinski definition) is 3. The van der Waals surface area contributed by atoms with E-state index in [4.69, 9.17) is 4.42 Å². The van der Waals surface area contributed by atoms with Gasteiger partial charge in [-0.2, -0.15) is 5.10 Å². The number of anilines is 1. The maximum atomic E-state index is 11.9. The number of aryl methyl sites for hydroxylation is 2. The normalized spacial score (nSPS) is 12.3. The molecule has 0 spiro atoms. The van der Waals surface area contributed by atoms with Gasteiger partial charge in [-0.25, -0.2) is 9.78 Å². The summed E-state index contributed by atoms with van der Waals surface area (Å²) in [5.74, 6) is 0.402. The first-order valence-corrected chi connectivity index (χ1v) is 7.10. The third kappa shape index (κ3) is 3.16. The lowest BCUT2D eigenvalue weighted by Crippen LogP contribution is -2.32. The van der Waals surface area contributed by atoms with Crippen molar-refractivity contribution in [3.63, 3.8) is 0 Å². The molecule has 2 amide bonds. The highest BCUT2D eigenvalue weighted by atomic mass is 16.4. The van der Waals surface area contributed by atoms with Crippen LogP contribution in [-0.2, 0) is 7.05 Å². The molecule has 0 aliphatic rings. The molecule has 0 saturated heterocycles. The molecule has 0 aromatic carbocycles. The number of aliphatic hydroxyl groups is 1. The van der Waals surface area contributed by atoms with Gasteiger partial charge in [-0.3, -0.25) is 4.68 Å². The molecule has 3 aromatic heterocycles. The molecule has 1 atom stereocenters. The number of pyridine rings is 1. The van der Waals surface area contributed by atoms with Crippen LogP contribution in [0.15, 0.2) is 35.1 Å². The molecule has 0 radical (unpaired) electrons. The minimum absolute atomic E-state index is 0.0426. The average Bonchev–Trinajstić information content (AvgIpc) is 3.14. The van der Waals surface area contributed by atoms with Crippen molar-refractivity contribution < 1.29 is 14.3 Å². The highest BCUT2D eigenvalue weighted by Crippen LogP contribution is 2.19. The number of amides is 2. The number of hydrogen-bond acceptors (Lipinski definition) is 5. The Morgan fingerprint density at radius 3 is 3.09 bits per heavy atom. The van der Waals surface area contributed by atoms with Gasteiger partial charge < -0.3 is 20.2 Å². The molecule has 23 heavy (non-hydrogen) atoms. The molecular formula is C15H17N5O3. The van der Waals surface area contributed by atoms with Gasteiger partial charge in [-0.05, 0) is 25.1 Å². The van der Waals surface area contributed by atoms with Gasteiger partial charge in [-0.15, -0.1) is 0 Å². The first-order valence-electron chi connectivity index (χ1n) is 7.10. The van der Waals surface area contributed by atoms with Gasteiger partial charge in [0.05, 0.1) is 30.4 Å². The van der Waals surface area contributed by atoms with Crippen molar-refractivity contribution in [2.24, 2.45) is 7.05 Å². The van der Waals surface area contributed by atoms with Crippen LogP contribution in [-0.4, -0.2) is 32.4 Å². The van der Waals surface area contributed by atoms with E-state index in [1.807, 2.05) is 20.0 Å². The lowest BCUT2D eigenvalue weighted by molar-refractivity contribution is 0.149. The number of furan rings is 1. The Labute approximate surface area is 132 Å². The van der Waals surface area contributed by atoms with Crippen LogP contribution >= 0.6 is 0 Å². The minimum atomic E-state index is -0.892. The molecule has 3 heterocycles. The third-order valence-electron chi connectivity index (χ3n) is 3.45. The van der Waals surface area contributed by atoms with E-state index in [1.165, 1.54) is 6.26 Å². The molecule has 0 saturated carbocycles. The lowest BCUT2D eigenvalue weighted by Gasteiger charge is -2.10. The molecule has 0 aliphatic carbocycles. The van der Waals surface area contributed by atoms with Crippen LogP contribution in [0.1, 0.15) is 17.6 Å². The number of carbonyl (C=O) groups is 1. The SMILES string of the molecule is Cc1nn(C)c2ncc(NC(=O)NCC(O)c3ccco3)cc12. The fraction of sp³-hybridized carbons (Fsp3) is 0.267. The molecule has 3 rings (SSSR count). The van der Waals surface area contributed by atoms with Crippen LogP contribution in [0, 0.1) is 6.92 Å². The van der Waals surface area contributed by atoms with E-state index in [2.05, 4.69) is 20.7 Å². The maximum Gasteiger partial charge on any atom is 0.319 e. The summed E-state index contributed by atoms with van der Waals surface area (Å²) in [6.45, 7) is 1.93. The van der Waals surface area contributed by atoms with Crippen LogP contribution in [0.4, 0.5) is 10.5 Å². The second kappa shape index (κ2) is 6.09. The van der Waals surface area contributed by atoms with Gasteiger partial charge in [0.1, 0.15) is 11.9 Å². The minimum Gasteiger partial charge on any atom is -0.467 e. The molecule has 0 fully saturated rings. The summed E-state index contributed by atoms with van der Waals surface area (Å²) < 4.78 is 6.76. The number of nitrogens with one attached hydrogen (secondary N) is 2. The highest BCUT2D eigenvalue weighted by Gasteiger charge is 2.13. The fourth-order valence-corrected chi connectivity index (χ4v) is 2.32. The summed E-state index contributed by atoms with van der Waals surface area (Å²) in [7, 11) is 1.82. The number of urea groups is 1. The highest BCUT2D eigenvalue weighted by molar-refractivity contribution is 5.92. The van der Waals surface area contributed by atoms with Crippen molar-refractivity contribution >= 4 is 22.8 Å². The van der Waals surface area contributed by atoms with Crippen LogP contribution in [0.5, 0.6) is 0 Å². The molecule has 0 bridgehead atoms. The van der Waals surface area contributed by atoms with E-state index in [1.54, 1.807) is 23.0 Å². The largest absolute Gasteiger partial charge is 0.467 e. The van der Waals surface area contributed by atoms with Crippen LogP contribution in [0.2, 0.25) is 0 Å². The summed E-state index contributed by atoms with van der Waals surface area (Å²) in [6.07, 6.45) is 2.14. The number of carbonyl (C=O) groups excluding carboxylic acids is 1. The quantitative estimate of drug-likeness (QED) is 0.680. The second-order valence-corrected chi connectivity index (χ2v) is 5.17. The topological polar surface area (TPSA) is 105 Å². The molecule has 1 unspecified atom stereocenters. The van der Waals surface area contributed by atoms with E-state index in [-0.39, 0.29) is 6.54 Å². The van der Waals surface area contributed by atoms with E-state index in [0.29, 0.717) is 11.4 Å². The van der Waals surface area contributed by atoms with E-state index < -0.39 is 12.1 Å².